The van der Waals surface area contributed by atoms with E-state index in [2.05, 4.69) is 63.0 Å². The number of rotatable bonds is 5. The van der Waals surface area contributed by atoms with Gasteiger partial charge >= 0.3 is 0 Å². The molecule has 0 aliphatic rings. The molecule has 0 unspecified atom stereocenters. The van der Waals surface area contributed by atoms with Gasteiger partial charge in [-0.25, -0.2) is 4.98 Å². The maximum atomic E-state index is 10.9. The SMILES string of the molecule is CC(C)[Si](C(C)C)(C(C)C)n1ccc2cc(C=O)cnc21. The molecule has 2 rings (SSSR count). The first kappa shape index (κ1) is 16.0. The van der Waals surface area contributed by atoms with E-state index in [-0.39, 0.29) is 0 Å². The maximum Gasteiger partial charge on any atom is 0.171 e. The fourth-order valence-electron chi connectivity index (χ4n) is 4.25. The fraction of sp³-hybridized carbons (Fsp3) is 0.529. The third kappa shape index (κ3) is 2.35. The molecule has 0 N–H and O–H groups in total. The minimum absolute atomic E-state index is 0.626. The minimum Gasteiger partial charge on any atom is -0.359 e. The number of carbonyl (C=O) groups excluding carboxylic acids is 1. The molecule has 0 aliphatic carbocycles. The molecule has 4 heteroatoms. The lowest BCUT2D eigenvalue weighted by Crippen LogP contribution is -2.51. The topological polar surface area (TPSA) is 34.9 Å². The van der Waals surface area contributed by atoms with Crippen LogP contribution in [0.15, 0.2) is 24.5 Å². The number of hydrogen-bond donors (Lipinski definition) is 0. The average molecular weight is 302 g/mol. The maximum absolute atomic E-state index is 10.9. The zero-order valence-corrected chi connectivity index (χ0v) is 14.9. The van der Waals surface area contributed by atoms with Crippen molar-refractivity contribution in [3.63, 3.8) is 0 Å². The van der Waals surface area contributed by atoms with E-state index in [1.54, 1.807) is 6.20 Å². The summed E-state index contributed by atoms with van der Waals surface area (Å²) < 4.78 is 2.47. The van der Waals surface area contributed by atoms with E-state index in [1.807, 2.05) is 6.07 Å². The molecule has 0 saturated carbocycles. The second-order valence-electron chi connectivity index (χ2n) is 6.84. The molecule has 0 saturated heterocycles. The molecule has 2 heterocycles. The van der Waals surface area contributed by atoms with Crippen molar-refractivity contribution in [3.8, 4) is 0 Å². The molecule has 0 fully saturated rings. The van der Waals surface area contributed by atoms with Gasteiger partial charge in [0.2, 0.25) is 0 Å². The number of nitrogens with zero attached hydrogens (tertiary/aromatic N) is 2. The molecular formula is C17H26N2OSi. The second kappa shape index (κ2) is 5.76. The van der Waals surface area contributed by atoms with Gasteiger partial charge in [0, 0.05) is 17.1 Å². The largest absolute Gasteiger partial charge is 0.359 e. The second-order valence-corrected chi connectivity index (χ2v) is 12.6. The van der Waals surface area contributed by atoms with E-state index < -0.39 is 8.24 Å². The van der Waals surface area contributed by atoms with Gasteiger partial charge < -0.3 is 4.23 Å². The lowest BCUT2D eigenvalue weighted by molar-refractivity contribution is 0.112. The third-order valence-corrected chi connectivity index (χ3v) is 11.6. The number of fused-ring (bicyclic) bond motifs is 1. The van der Waals surface area contributed by atoms with Gasteiger partial charge in [-0.15, -0.1) is 0 Å². The number of hydrogen-bond acceptors (Lipinski definition) is 2. The Bertz CT molecular complexity index is 622. The minimum atomic E-state index is -1.78. The molecule has 0 radical (unpaired) electrons. The first-order valence-electron chi connectivity index (χ1n) is 7.78. The lowest BCUT2D eigenvalue weighted by atomic mass is 10.2. The Morgan fingerprint density at radius 3 is 2.14 bits per heavy atom. The Labute approximate surface area is 128 Å². The highest BCUT2D eigenvalue weighted by Gasteiger charge is 2.45. The third-order valence-electron chi connectivity index (χ3n) is 4.88. The summed E-state index contributed by atoms with van der Waals surface area (Å²) in [5, 5.41) is 1.07. The van der Waals surface area contributed by atoms with Crippen LogP contribution in [0.1, 0.15) is 51.9 Å². The van der Waals surface area contributed by atoms with Crippen molar-refractivity contribution >= 4 is 25.6 Å². The molecule has 0 aliphatic heterocycles. The van der Waals surface area contributed by atoms with Crippen LogP contribution in [0, 0.1) is 0 Å². The summed E-state index contributed by atoms with van der Waals surface area (Å²) in [4.78, 5) is 15.5. The van der Waals surface area contributed by atoms with Crippen LogP contribution in [-0.2, 0) is 0 Å². The smallest absolute Gasteiger partial charge is 0.171 e. The number of aldehydes is 1. The van der Waals surface area contributed by atoms with Crippen molar-refractivity contribution in [2.75, 3.05) is 0 Å². The van der Waals surface area contributed by atoms with Crippen LogP contribution >= 0.6 is 0 Å². The van der Waals surface area contributed by atoms with Crippen LogP contribution in [0.5, 0.6) is 0 Å². The van der Waals surface area contributed by atoms with E-state index in [0.29, 0.717) is 22.2 Å². The van der Waals surface area contributed by atoms with Gasteiger partial charge in [-0.2, -0.15) is 0 Å². The van der Waals surface area contributed by atoms with Crippen LogP contribution in [0.3, 0.4) is 0 Å². The van der Waals surface area contributed by atoms with Crippen molar-refractivity contribution in [2.45, 2.75) is 58.2 Å². The molecule has 114 valence electrons. The van der Waals surface area contributed by atoms with Crippen LogP contribution < -0.4 is 0 Å². The Balaban J connectivity index is 2.74. The Morgan fingerprint density at radius 1 is 1.10 bits per heavy atom. The molecule has 0 aromatic carbocycles. The van der Waals surface area contributed by atoms with E-state index in [4.69, 9.17) is 0 Å². The monoisotopic (exact) mass is 302 g/mol. The van der Waals surface area contributed by atoms with E-state index in [0.717, 1.165) is 17.3 Å². The predicted molar refractivity (Wildman–Crippen MR) is 91.6 cm³/mol. The lowest BCUT2D eigenvalue weighted by Gasteiger charge is -2.44. The van der Waals surface area contributed by atoms with Gasteiger partial charge in [-0.05, 0) is 35.0 Å². The summed E-state index contributed by atoms with van der Waals surface area (Å²) in [5.41, 5.74) is 3.55. The summed E-state index contributed by atoms with van der Waals surface area (Å²) in [6.07, 6.45) is 4.74. The average Bonchev–Trinajstić information content (AvgIpc) is 2.81. The van der Waals surface area contributed by atoms with E-state index in [1.165, 1.54) is 0 Å². The van der Waals surface area contributed by atoms with E-state index in [9.17, 15) is 4.79 Å². The Kier molecular flexibility index (Phi) is 4.37. The zero-order chi connectivity index (χ0) is 15.8. The van der Waals surface area contributed by atoms with Crippen molar-refractivity contribution in [1.82, 2.24) is 9.22 Å². The van der Waals surface area contributed by atoms with Gasteiger partial charge in [0.15, 0.2) is 14.5 Å². The number of pyridine rings is 1. The summed E-state index contributed by atoms with van der Waals surface area (Å²) in [6.45, 7) is 14.1. The van der Waals surface area contributed by atoms with Crippen molar-refractivity contribution < 1.29 is 4.79 Å². The normalized spacial score (nSPS) is 12.8. The van der Waals surface area contributed by atoms with E-state index >= 15 is 0 Å². The van der Waals surface area contributed by atoms with Gasteiger partial charge in [-0.3, -0.25) is 4.79 Å². The molecule has 0 amide bonds. The first-order valence-corrected chi connectivity index (χ1v) is 9.96. The molecule has 2 aromatic heterocycles. The zero-order valence-electron chi connectivity index (χ0n) is 13.9. The van der Waals surface area contributed by atoms with Crippen LogP contribution in [-0.4, -0.2) is 23.7 Å². The highest BCUT2D eigenvalue weighted by molar-refractivity contribution is 6.82. The molecule has 0 bridgehead atoms. The number of carbonyl (C=O) groups is 1. The van der Waals surface area contributed by atoms with Crippen LogP contribution in [0.2, 0.25) is 16.6 Å². The molecule has 0 atom stereocenters. The highest BCUT2D eigenvalue weighted by atomic mass is 28.3. The molecule has 0 spiro atoms. The summed E-state index contributed by atoms with van der Waals surface area (Å²) in [6, 6.07) is 4.04. The molecule has 21 heavy (non-hydrogen) atoms. The number of aromatic nitrogens is 2. The first-order chi connectivity index (χ1) is 9.85. The van der Waals surface area contributed by atoms with Crippen molar-refractivity contribution in [2.24, 2.45) is 0 Å². The van der Waals surface area contributed by atoms with Gasteiger partial charge in [-0.1, -0.05) is 41.5 Å². The standard InChI is InChI=1S/C17H26N2OSi/c1-12(2)21(13(3)4,14(5)6)19-8-7-16-9-15(11-20)10-18-17(16)19/h7-14H,1-6H3. The van der Waals surface area contributed by atoms with Gasteiger partial charge in [0.25, 0.3) is 0 Å². The quantitative estimate of drug-likeness (QED) is 0.583. The highest BCUT2D eigenvalue weighted by Crippen LogP contribution is 2.43. The fourth-order valence-corrected chi connectivity index (χ4v) is 10.8. The van der Waals surface area contributed by atoms with Crippen molar-refractivity contribution in [3.05, 3.63) is 30.1 Å². The Morgan fingerprint density at radius 2 is 1.67 bits per heavy atom. The summed E-state index contributed by atoms with van der Waals surface area (Å²) in [7, 11) is -1.78. The summed E-state index contributed by atoms with van der Waals surface area (Å²) >= 11 is 0. The van der Waals surface area contributed by atoms with Crippen molar-refractivity contribution in [1.29, 1.82) is 0 Å². The summed E-state index contributed by atoms with van der Waals surface area (Å²) in [5.74, 6) is 0. The van der Waals surface area contributed by atoms with Crippen LogP contribution in [0.25, 0.3) is 11.0 Å². The van der Waals surface area contributed by atoms with Crippen LogP contribution in [0.4, 0.5) is 0 Å². The van der Waals surface area contributed by atoms with Gasteiger partial charge in [0.1, 0.15) is 5.65 Å². The predicted octanol–water partition coefficient (Wildman–Crippen LogP) is 4.87. The molecular weight excluding hydrogens is 276 g/mol. The Hall–Kier alpha value is -1.42. The molecule has 2 aromatic rings. The molecule has 3 nitrogen and oxygen atoms in total. The van der Waals surface area contributed by atoms with Gasteiger partial charge in [0.05, 0.1) is 0 Å².